The summed E-state index contributed by atoms with van der Waals surface area (Å²) in [6.45, 7) is 2.06. The van der Waals surface area contributed by atoms with Crippen molar-refractivity contribution in [3.8, 4) is 11.5 Å². The number of amides is 3. The maximum Gasteiger partial charge on any atom is 0.293 e. The number of carbonyl (C=O) groups is 3. The van der Waals surface area contributed by atoms with Gasteiger partial charge in [-0.25, -0.2) is 4.39 Å². The minimum absolute atomic E-state index is 0.178. The molecule has 41 heavy (non-hydrogen) atoms. The highest BCUT2D eigenvalue weighted by molar-refractivity contribution is 14.1. The SMILES string of the molecule is CCOc1cc(/C=C2/SC(=O)N(Cc3cccc4ccccc34)C2=O)cc(I)c1OCC(=O)Nc1ccc(F)cc1. The van der Waals surface area contributed by atoms with Crippen LogP contribution in [0.4, 0.5) is 14.9 Å². The number of rotatable bonds is 9. The Morgan fingerprint density at radius 1 is 1.02 bits per heavy atom. The van der Waals surface area contributed by atoms with E-state index in [-0.39, 0.29) is 24.3 Å². The molecule has 4 aromatic carbocycles. The zero-order valence-electron chi connectivity index (χ0n) is 21.9. The number of imide groups is 1. The fourth-order valence-corrected chi connectivity index (χ4v) is 5.95. The van der Waals surface area contributed by atoms with E-state index in [1.807, 2.05) is 49.4 Å². The molecular formula is C31H24FIN2O5S. The van der Waals surface area contributed by atoms with Crippen LogP contribution >= 0.6 is 34.4 Å². The monoisotopic (exact) mass is 682 g/mol. The number of fused-ring (bicyclic) bond motifs is 1. The molecule has 0 radical (unpaired) electrons. The van der Waals surface area contributed by atoms with E-state index in [4.69, 9.17) is 9.47 Å². The molecule has 1 heterocycles. The van der Waals surface area contributed by atoms with Gasteiger partial charge < -0.3 is 14.8 Å². The Kier molecular flexibility index (Phi) is 8.89. The minimum Gasteiger partial charge on any atom is -0.490 e. The molecule has 0 saturated carbocycles. The lowest BCUT2D eigenvalue weighted by atomic mass is 10.0. The first-order chi connectivity index (χ1) is 19.8. The maximum atomic E-state index is 13.3. The molecule has 208 valence electrons. The first-order valence-corrected chi connectivity index (χ1v) is 14.6. The van der Waals surface area contributed by atoms with Gasteiger partial charge in [0.25, 0.3) is 17.1 Å². The van der Waals surface area contributed by atoms with E-state index in [0.717, 1.165) is 28.1 Å². The maximum absolute atomic E-state index is 13.3. The molecule has 1 saturated heterocycles. The van der Waals surface area contributed by atoms with Gasteiger partial charge in [-0.05, 0) is 106 Å². The van der Waals surface area contributed by atoms with E-state index < -0.39 is 11.7 Å². The van der Waals surface area contributed by atoms with Gasteiger partial charge >= 0.3 is 0 Å². The molecule has 7 nitrogen and oxygen atoms in total. The van der Waals surface area contributed by atoms with Gasteiger partial charge in [0, 0.05) is 5.69 Å². The molecule has 0 aliphatic carbocycles. The van der Waals surface area contributed by atoms with E-state index in [9.17, 15) is 18.8 Å². The predicted molar refractivity (Wildman–Crippen MR) is 166 cm³/mol. The summed E-state index contributed by atoms with van der Waals surface area (Å²) in [4.78, 5) is 40.0. The van der Waals surface area contributed by atoms with Crippen molar-refractivity contribution in [1.82, 2.24) is 4.90 Å². The van der Waals surface area contributed by atoms with Crippen LogP contribution in [0.5, 0.6) is 11.5 Å². The Balaban J connectivity index is 1.32. The number of benzene rings is 4. The molecule has 1 fully saturated rings. The number of nitrogens with one attached hydrogen (secondary N) is 1. The van der Waals surface area contributed by atoms with Crippen molar-refractivity contribution in [3.63, 3.8) is 0 Å². The molecule has 0 atom stereocenters. The standard InChI is InChI=1S/C31H24FIN2O5S/c1-2-39-26-15-19(14-25(33)29(26)40-18-28(36)34-23-12-10-22(32)11-13-23)16-27-30(37)35(31(38)41-27)17-21-8-5-7-20-6-3-4-9-24(20)21/h3-16H,2,17-18H2,1H3,(H,34,36)/b27-16+. The van der Waals surface area contributed by atoms with E-state index in [2.05, 4.69) is 27.9 Å². The van der Waals surface area contributed by atoms with Crippen LogP contribution < -0.4 is 14.8 Å². The molecule has 0 bridgehead atoms. The number of halogens is 2. The minimum atomic E-state index is -0.418. The van der Waals surface area contributed by atoms with Gasteiger partial charge in [0.2, 0.25) is 0 Å². The zero-order chi connectivity index (χ0) is 28.9. The summed E-state index contributed by atoms with van der Waals surface area (Å²) in [6, 6.07) is 22.6. The van der Waals surface area contributed by atoms with E-state index in [0.29, 0.717) is 37.8 Å². The van der Waals surface area contributed by atoms with Crippen LogP contribution in [-0.4, -0.2) is 35.2 Å². The second kappa shape index (κ2) is 12.7. The van der Waals surface area contributed by atoms with Crippen molar-refractivity contribution in [2.75, 3.05) is 18.5 Å². The third-order valence-electron chi connectivity index (χ3n) is 6.19. The smallest absolute Gasteiger partial charge is 0.293 e. The van der Waals surface area contributed by atoms with E-state index >= 15 is 0 Å². The van der Waals surface area contributed by atoms with Crippen LogP contribution in [0.2, 0.25) is 0 Å². The molecule has 10 heteroatoms. The largest absolute Gasteiger partial charge is 0.490 e. The average Bonchev–Trinajstić information content (AvgIpc) is 3.21. The highest BCUT2D eigenvalue weighted by Crippen LogP contribution is 2.38. The lowest BCUT2D eigenvalue weighted by molar-refractivity contribution is -0.123. The third kappa shape index (κ3) is 6.71. The molecule has 4 aromatic rings. The predicted octanol–water partition coefficient (Wildman–Crippen LogP) is 7.24. The van der Waals surface area contributed by atoms with Gasteiger partial charge in [0.1, 0.15) is 5.82 Å². The second-order valence-corrected chi connectivity index (χ2v) is 11.2. The van der Waals surface area contributed by atoms with Gasteiger partial charge in [0.05, 0.1) is 21.6 Å². The molecular weight excluding hydrogens is 658 g/mol. The van der Waals surface area contributed by atoms with Gasteiger partial charge in [-0.15, -0.1) is 0 Å². The Hall–Kier alpha value is -3.90. The topological polar surface area (TPSA) is 84.9 Å². The number of thioether (sulfide) groups is 1. The molecule has 1 aliphatic heterocycles. The molecule has 1 aliphatic rings. The average molecular weight is 683 g/mol. The van der Waals surface area contributed by atoms with Crippen LogP contribution in [0.1, 0.15) is 18.1 Å². The van der Waals surface area contributed by atoms with Crippen LogP contribution in [0.25, 0.3) is 16.8 Å². The molecule has 0 unspecified atom stereocenters. The number of ether oxygens (including phenoxy) is 2. The van der Waals surface area contributed by atoms with Gasteiger partial charge in [-0.3, -0.25) is 19.3 Å². The summed E-state index contributed by atoms with van der Waals surface area (Å²) >= 11 is 2.97. The molecule has 0 aromatic heterocycles. The quantitative estimate of drug-likeness (QED) is 0.148. The summed E-state index contributed by atoms with van der Waals surface area (Å²) in [5.74, 6) is -0.402. The number of anilines is 1. The summed E-state index contributed by atoms with van der Waals surface area (Å²) in [7, 11) is 0. The lowest BCUT2D eigenvalue weighted by Crippen LogP contribution is -2.27. The van der Waals surface area contributed by atoms with Crippen molar-refractivity contribution in [3.05, 3.63) is 104 Å². The first-order valence-electron chi connectivity index (χ1n) is 12.7. The van der Waals surface area contributed by atoms with Crippen molar-refractivity contribution in [2.45, 2.75) is 13.5 Å². The fourth-order valence-electron chi connectivity index (χ4n) is 4.33. The van der Waals surface area contributed by atoms with E-state index in [1.54, 1.807) is 18.2 Å². The van der Waals surface area contributed by atoms with Crippen LogP contribution in [-0.2, 0) is 16.1 Å². The fraction of sp³-hybridized carbons (Fsp3) is 0.129. The molecule has 5 rings (SSSR count). The second-order valence-electron chi connectivity index (χ2n) is 9.01. The van der Waals surface area contributed by atoms with Crippen LogP contribution in [0.3, 0.4) is 0 Å². The number of carbonyl (C=O) groups excluding carboxylic acids is 3. The number of hydrogen-bond donors (Lipinski definition) is 1. The Bertz CT molecular complexity index is 1670. The lowest BCUT2D eigenvalue weighted by Gasteiger charge is -2.15. The highest BCUT2D eigenvalue weighted by atomic mass is 127. The third-order valence-corrected chi connectivity index (χ3v) is 7.90. The van der Waals surface area contributed by atoms with Crippen molar-refractivity contribution >= 4 is 73.9 Å². The number of hydrogen-bond acceptors (Lipinski definition) is 6. The normalized spacial score (nSPS) is 14.1. The van der Waals surface area contributed by atoms with Crippen LogP contribution in [0, 0.1) is 9.39 Å². The summed E-state index contributed by atoms with van der Waals surface area (Å²) in [5, 5.41) is 4.36. The van der Waals surface area contributed by atoms with Crippen molar-refractivity contribution in [1.29, 1.82) is 0 Å². The molecule has 3 amide bonds. The number of nitrogens with zero attached hydrogens (tertiary/aromatic N) is 1. The summed E-state index contributed by atoms with van der Waals surface area (Å²) in [6.07, 6.45) is 1.66. The van der Waals surface area contributed by atoms with Gasteiger partial charge in [-0.1, -0.05) is 42.5 Å². The van der Waals surface area contributed by atoms with E-state index in [1.165, 1.54) is 29.2 Å². The van der Waals surface area contributed by atoms with Crippen molar-refractivity contribution < 1.29 is 28.2 Å². The highest BCUT2D eigenvalue weighted by Gasteiger charge is 2.35. The van der Waals surface area contributed by atoms with Gasteiger partial charge in [-0.2, -0.15) is 0 Å². The summed E-state index contributed by atoms with van der Waals surface area (Å²) < 4.78 is 25.3. The molecule has 0 spiro atoms. The Labute approximate surface area is 253 Å². The zero-order valence-corrected chi connectivity index (χ0v) is 24.8. The van der Waals surface area contributed by atoms with Gasteiger partial charge in [0.15, 0.2) is 18.1 Å². The van der Waals surface area contributed by atoms with Crippen molar-refractivity contribution in [2.24, 2.45) is 0 Å². The Morgan fingerprint density at radius 2 is 1.78 bits per heavy atom. The summed E-state index contributed by atoms with van der Waals surface area (Å²) in [5.41, 5.74) is 1.99. The van der Waals surface area contributed by atoms with Crippen LogP contribution in [0.15, 0.2) is 83.8 Å². The Morgan fingerprint density at radius 3 is 2.56 bits per heavy atom. The first kappa shape index (κ1) is 28.6. The molecule has 1 N–H and O–H groups in total.